The zero-order chi connectivity index (χ0) is 30.0. The van der Waals surface area contributed by atoms with E-state index >= 15 is 0 Å². The van der Waals surface area contributed by atoms with Gasteiger partial charge in [-0.3, -0.25) is 0 Å². The number of rotatable bonds is 19. The monoisotopic (exact) mass is 650 g/mol. The second-order valence-electron chi connectivity index (χ2n) is 11.8. The number of benzene rings is 2. The van der Waals surface area contributed by atoms with E-state index in [2.05, 4.69) is 93.3 Å². The van der Waals surface area contributed by atoms with E-state index in [1.807, 2.05) is 6.92 Å². The molecule has 2 nitrogen and oxygen atoms in total. The summed E-state index contributed by atoms with van der Waals surface area (Å²) < 4.78 is 1.41. The van der Waals surface area contributed by atoms with Gasteiger partial charge in [0, 0.05) is 11.1 Å². The molecule has 1 aliphatic rings. The van der Waals surface area contributed by atoms with Gasteiger partial charge in [-0.15, -0.1) is 5.92 Å². The molecule has 0 saturated heterocycles. The van der Waals surface area contributed by atoms with Crippen molar-refractivity contribution in [2.24, 2.45) is 0 Å². The fourth-order valence-corrected chi connectivity index (χ4v) is 5.82. The minimum atomic E-state index is 0. The van der Waals surface area contributed by atoms with E-state index in [9.17, 15) is 5.53 Å². The molecule has 3 rings (SSSR count). The van der Waals surface area contributed by atoms with Crippen molar-refractivity contribution in [2.75, 3.05) is 0 Å². The maximum Gasteiger partial charge on any atom is 2.00 e. The molecule has 0 fully saturated rings. The first kappa shape index (κ1) is 42.3. The van der Waals surface area contributed by atoms with E-state index in [0.29, 0.717) is 0 Å². The molecule has 0 saturated carbocycles. The molecular weight excluding hydrogens is 591 g/mol. The molecule has 0 aromatic heterocycles. The van der Waals surface area contributed by atoms with Gasteiger partial charge in [-0.1, -0.05) is 127 Å². The van der Waals surface area contributed by atoms with Gasteiger partial charge in [-0.25, -0.2) is 4.70 Å². The van der Waals surface area contributed by atoms with Crippen LogP contribution in [0.4, 0.5) is 0 Å². The summed E-state index contributed by atoms with van der Waals surface area (Å²) in [4.78, 5) is 0. The Morgan fingerprint density at radius 2 is 1.16 bits per heavy atom. The van der Waals surface area contributed by atoms with E-state index in [0.717, 1.165) is 65.8 Å². The summed E-state index contributed by atoms with van der Waals surface area (Å²) in [7, 11) is 0. The number of allylic oxidation sites excluding steroid dienone is 4. The molecule has 0 unspecified atom stereocenters. The van der Waals surface area contributed by atoms with E-state index in [-0.39, 0.29) is 31.3 Å². The van der Waals surface area contributed by atoms with Crippen LogP contribution >= 0.6 is 0 Å². The summed E-state index contributed by atoms with van der Waals surface area (Å²) in [6, 6.07) is 17.3. The number of aryl methyl sites for hydroxylation is 2. The second-order valence-corrected chi connectivity index (χ2v) is 11.8. The average molecular weight is 652 g/mol. The van der Waals surface area contributed by atoms with Crippen LogP contribution in [-0.2, 0) is 29.3 Å². The molecule has 0 N–H and O–H groups in total. The molecule has 0 aliphatic carbocycles. The molecule has 2 aromatic rings. The number of unbranched alkanes of at least 4 members (excludes halogenated alkanes) is 11. The van der Waals surface area contributed by atoms with Crippen molar-refractivity contribution in [3.63, 3.8) is 0 Å². The van der Waals surface area contributed by atoms with Gasteiger partial charge in [0.1, 0.15) is 5.57 Å². The fraction of sp³-hybridized carbons (Fsp3) is 0.476. The first-order valence-corrected chi connectivity index (χ1v) is 16.9. The quantitative estimate of drug-likeness (QED) is 0.0475. The van der Waals surface area contributed by atoms with Gasteiger partial charge in [0.15, 0.2) is 0 Å². The number of hydrogen-bond acceptors (Lipinski definition) is 0. The Morgan fingerprint density at radius 1 is 0.667 bits per heavy atom. The Morgan fingerprint density at radius 3 is 1.67 bits per heavy atom. The van der Waals surface area contributed by atoms with Crippen molar-refractivity contribution in [1.82, 2.24) is 0 Å². The molecule has 1 aliphatic heterocycles. The van der Waals surface area contributed by atoms with E-state index < -0.39 is 0 Å². The van der Waals surface area contributed by atoms with Gasteiger partial charge >= 0.3 is 16.5 Å². The van der Waals surface area contributed by atoms with Crippen LogP contribution in [0.2, 0.25) is 0 Å². The third kappa shape index (κ3) is 13.3. The largest absolute Gasteiger partial charge is 2.00 e. The summed E-state index contributed by atoms with van der Waals surface area (Å²) in [5.74, 6) is 6.54. The molecule has 0 spiro atoms. The van der Waals surface area contributed by atoms with Gasteiger partial charge in [-0.2, -0.15) is 0 Å². The molecule has 3 heteroatoms. The standard InChI is InChI=1S/C40H54N2.2CH3.Ni/c1-5-9-12-13-14-15-16-17-18-19-20-30-38-37(23-8-4)39(35-28-21-26-33(31-35)24-10-6-2)42(41)40(38)36-29-22-27-34(32-36)25-11-7-3;;;/h20-22,26-32H,5-7,9-19,24-25H2,1-4H3;2*1H3;/q;2*-1;+2. The Bertz CT molecular complexity index is 1300. The predicted octanol–water partition coefficient (Wildman–Crippen LogP) is 12.9. The van der Waals surface area contributed by atoms with Gasteiger partial charge in [0.05, 0.1) is 5.57 Å². The molecule has 1 heterocycles. The van der Waals surface area contributed by atoms with Crippen LogP contribution in [-0.4, -0.2) is 4.70 Å². The van der Waals surface area contributed by atoms with E-state index in [1.54, 1.807) is 0 Å². The van der Waals surface area contributed by atoms with Crippen LogP contribution in [0.5, 0.6) is 0 Å². The molecule has 45 heavy (non-hydrogen) atoms. The Hall–Kier alpha value is -2.69. The topological polar surface area (TPSA) is 25.3 Å². The fourth-order valence-electron chi connectivity index (χ4n) is 5.82. The molecule has 2 aromatic carbocycles. The van der Waals surface area contributed by atoms with Gasteiger partial charge in [0.2, 0.25) is 11.4 Å². The Kier molecular flexibility index (Phi) is 23.1. The van der Waals surface area contributed by atoms with Crippen LogP contribution < -0.4 is 0 Å². The number of hydrogen-bond donors (Lipinski definition) is 0. The first-order valence-electron chi connectivity index (χ1n) is 16.9. The first-order chi connectivity index (χ1) is 20.6. The molecule has 0 amide bonds. The maximum atomic E-state index is 11.9. The van der Waals surface area contributed by atoms with E-state index in [1.165, 1.54) is 86.5 Å². The van der Waals surface area contributed by atoms with Crippen molar-refractivity contribution in [3.8, 4) is 11.8 Å². The second kappa shape index (κ2) is 24.5. The van der Waals surface area contributed by atoms with Crippen LogP contribution in [0.3, 0.4) is 0 Å². The molecular formula is C42H60N2Ni. The molecule has 248 valence electrons. The van der Waals surface area contributed by atoms with Crippen molar-refractivity contribution >= 4 is 11.4 Å². The van der Waals surface area contributed by atoms with Crippen LogP contribution in [0.15, 0.2) is 71.8 Å². The van der Waals surface area contributed by atoms with E-state index in [4.69, 9.17) is 0 Å². The third-order valence-corrected chi connectivity index (χ3v) is 8.23. The molecule has 0 atom stereocenters. The number of nitrogens with zero attached hydrogens (tertiary/aromatic N) is 2. The molecule has 0 bridgehead atoms. The summed E-state index contributed by atoms with van der Waals surface area (Å²) >= 11 is 0. The smallest absolute Gasteiger partial charge is 0.493 e. The van der Waals surface area contributed by atoms with Crippen LogP contribution in [0.1, 0.15) is 140 Å². The summed E-state index contributed by atoms with van der Waals surface area (Å²) in [5, 5.41) is 0. The summed E-state index contributed by atoms with van der Waals surface area (Å²) in [6.45, 7) is 8.62. The minimum Gasteiger partial charge on any atom is -0.493 e. The maximum absolute atomic E-state index is 11.9. The van der Waals surface area contributed by atoms with Crippen molar-refractivity contribution in [1.29, 1.82) is 0 Å². The predicted molar refractivity (Wildman–Crippen MR) is 195 cm³/mol. The Labute approximate surface area is 288 Å². The zero-order valence-electron chi connectivity index (χ0n) is 29.3. The van der Waals surface area contributed by atoms with Crippen molar-refractivity contribution in [3.05, 3.63) is 114 Å². The summed E-state index contributed by atoms with van der Waals surface area (Å²) in [5.41, 5.74) is 20.1. The van der Waals surface area contributed by atoms with Gasteiger partial charge in [0.25, 0.3) is 0 Å². The van der Waals surface area contributed by atoms with Crippen LogP contribution in [0, 0.1) is 26.7 Å². The van der Waals surface area contributed by atoms with Crippen molar-refractivity contribution < 1.29 is 21.2 Å². The third-order valence-electron chi connectivity index (χ3n) is 8.23. The normalized spacial score (nSPS) is 12.5. The van der Waals surface area contributed by atoms with Crippen molar-refractivity contribution in [2.45, 2.75) is 130 Å². The summed E-state index contributed by atoms with van der Waals surface area (Å²) in [6.07, 6.45) is 24.3. The minimum absolute atomic E-state index is 0. The van der Waals surface area contributed by atoms with Gasteiger partial charge in [-0.05, 0) is 80.8 Å². The Balaban J connectivity index is 0.00000645. The molecule has 0 radical (unpaired) electrons. The van der Waals surface area contributed by atoms with Crippen LogP contribution in [0.25, 0.3) is 16.9 Å². The zero-order valence-corrected chi connectivity index (χ0v) is 30.3. The average Bonchev–Trinajstić information content (AvgIpc) is 3.28. The van der Waals surface area contributed by atoms with Gasteiger partial charge < -0.3 is 20.4 Å². The SMILES string of the molecule is CC#CC1=C(c2cccc(CCCC)c2)[N+](=[N-])C(c2cccc(CCCC)c2)=C1C=CCCCCCCCCCCC.[CH3-].[CH3-].[Ni+2].